The molecule has 0 fully saturated rings. The molecule has 0 radical (unpaired) electrons. The molecule has 2 heterocycles. The second-order valence-electron chi connectivity index (χ2n) is 3.83. The molecular weight excluding hydrogens is 324 g/mol. The SMILES string of the molecule is Cc1csc(C(=O)O)c1S(=O)(=O)Nc1cccnc1Cl. The summed E-state index contributed by atoms with van der Waals surface area (Å²) in [6, 6.07) is 2.96. The minimum absolute atomic E-state index is 0.0131. The number of nitrogens with zero attached hydrogens (tertiary/aromatic N) is 1. The van der Waals surface area contributed by atoms with Crippen molar-refractivity contribution < 1.29 is 18.3 Å². The molecule has 20 heavy (non-hydrogen) atoms. The number of carboxylic acids is 1. The van der Waals surface area contributed by atoms with Crippen molar-refractivity contribution in [3.05, 3.63) is 39.3 Å². The number of aromatic nitrogens is 1. The van der Waals surface area contributed by atoms with Crippen LogP contribution < -0.4 is 4.72 Å². The van der Waals surface area contributed by atoms with Crippen molar-refractivity contribution in [2.45, 2.75) is 11.8 Å². The monoisotopic (exact) mass is 332 g/mol. The summed E-state index contributed by atoms with van der Waals surface area (Å²) >= 11 is 6.64. The Balaban J connectivity index is 2.49. The topological polar surface area (TPSA) is 96.4 Å². The summed E-state index contributed by atoms with van der Waals surface area (Å²) in [4.78, 5) is 14.3. The first-order valence-corrected chi connectivity index (χ1v) is 8.01. The summed E-state index contributed by atoms with van der Waals surface area (Å²) < 4.78 is 26.9. The molecular formula is C11H9ClN2O4S2. The third kappa shape index (κ3) is 2.77. The summed E-state index contributed by atoms with van der Waals surface area (Å²) in [5, 5.41) is 10.5. The third-order valence-corrected chi connectivity index (χ3v) is 5.45. The van der Waals surface area contributed by atoms with Crippen LogP contribution in [-0.2, 0) is 10.0 Å². The molecule has 0 amide bonds. The molecule has 0 saturated carbocycles. The minimum Gasteiger partial charge on any atom is -0.477 e. The number of halogens is 1. The maximum absolute atomic E-state index is 12.3. The average Bonchev–Trinajstić information content (AvgIpc) is 2.75. The van der Waals surface area contributed by atoms with Gasteiger partial charge in [-0.1, -0.05) is 11.6 Å². The highest BCUT2D eigenvalue weighted by atomic mass is 35.5. The molecule has 9 heteroatoms. The van der Waals surface area contributed by atoms with Gasteiger partial charge >= 0.3 is 5.97 Å². The first kappa shape index (κ1) is 14.8. The van der Waals surface area contributed by atoms with E-state index in [2.05, 4.69) is 9.71 Å². The van der Waals surface area contributed by atoms with Gasteiger partial charge in [0, 0.05) is 6.20 Å². The number of aromatic carboxylic acids is 1. The Kier molecular flexibility index (Phi) is 3.98. The van der Waals surface area contributed by atoms with Gasteiger partial charge in [0.05, 0.1) is 5.69 Å². The van der Waals surface area contributed by atoms with Crippen LogP contribution in [0.15, 0.2) is 28.6 Å². The number of nitrogens with one attached hydrogen (secondary N) is 1. The van der Waals surface area contributed by atoms with E-state index in [0.29, 0.717) is 5.56 Å². The highest BCUT2D eigenvalue weighted by Gasteiger charge is 2.27. The number of sulfonamides is 1. The van der Waals surface area contributed by atoms with Gasteiger partial charge in [0.25, 0.3) is 10.0 Å². The zero-order chi connectivity index (χ0) is 14.9. The van der Waals surface area contributed by atoms with Gasteiger partial charge in [-0.25, -0.2) is 18.2 Å². The second-order valence-corrected chi connectivity index (χ2v) is 6.69. The Bertz CT molecular complexity index is 770. The molecule has 2 N–H and O–H groups in total. The lowest BCUT2D eigenvalue weighted by molar-refractivity contribution is 0.0698. The standard InChI is InChI=1S/C11H9ClN2O4S2/c1-6-5-19-8(11(15)16)9(6)20(17,18)14-7-3-2-4-13-10(7)12/h2-5,14H,1H3,(H,15,16). The van der Waals surface area contributed by atoms with Crippen molar-refractivity contribution in [2.24, 2.45) is 0 Å². The number of pyridine rings is 1. The zero-order valence-corrected chi connectivity index (χ0v) is 12.5. The van der Waals surface area contributed by atoms with E-state index in [-0.39, 0.29) is 20.6 Å². The fourth-order valence-corrected chi connectivity index (χ4v) is 4.50. The molecule has 2 rings (SSSR count). The van der Waals surface area contributed by atoms with Gasteiger partial charge < -0.3 is 5.11 Å². The number of rotatable bonds is 4. The van der Waals surface area contributed by atoms with Crippen molar-refractivity contribution in [2.75, 3.05) is 4.72 Å². The highest BCUT2D eigenvalue weighted by Crippen LogP contribution is 2.29. The number of hydrogen-bond donors (Lipinski definition) is 2. The van der Waals surface area contributed by atoms with E-state index in [4.69, 9.17) is 16.7 Å². The normalized spacial score (nSPS) is 11.3. The Morgan fingerprint density at radius 2 is 2.20 bits per heavy atom. The van der Waals surface area contributed by atoms with Gasteiger partial charge in [0.15, 0.2) is 5.15 Å². The van der Waals surface area contributed by atoms with Crippen LogP contribution in [0, 0.1) is 6.92 Å². The molecule has 2 aromatic rings. The van der Waals surface area contributed by atoms with Crippen LogP contribution in [0.25, 0.3) is 0 Å². The summed E-state index contributed by atoms with van der Waals surface area (Å²) in [5.74, 6) is -1.29. The van der Waals surface area contributed by atoms with Gasteiger partial charge in [0.2, 0.25) is 0 Å². The van der Waals surface area contributed by atoms with Gasteiger partial charge in [-0.15, -0.1) is 11.3 Å². The zero-order valence-electron chi connectivity index (χ0n) is 10.1. The molecule has 0 aromatic carbocycles. The molecule has 0 aliphatic rings. The van der Waals surface area contributed by atoms with E-state index in [1.807, 2.05) is 0 Å². The van der Waals surface area contributed by atoms with Crippen molar-refractivity contribution >= 4 is 44.6 Å². The first-order chi connectivity index (χ1) is 9.33. The predicted octanol–water partition coefficient (Wildman–Crippen LogP) is 2.60. The van der Waals surface area contributed by atoms with E-state index >= 15 is 0 Å². The van der Waals surface area contributed by atoms with Crippen LogP contribution in [0.4, 0.5) is 5.69 Å². The predicted molar refractivity (Wildman–Crippen MR) is 76.1 cm³/mol. The van der Waals surface area contributed by atoms with E-state index in [1.54, 1.807) is 0 Å². The second kappa shape index (κ2) is 5.39. The first-order valence-electron chi connectivity index (χ1n) is 5.27. The van der Waals surface area contributed by atoms with Crippen LogP contribution in [0.5, 0.6) is 0 Å². The quantitative estimate of drug-likeness (QED) is 0.839. The smallest absolute Gasteiger partial charge is 0.347 e. The van der Waals surface area contributed by atoms with Crippen LogP contribution in [-0.4, -0.2) is 24.5 Å². The van der Waals surface area contributed by atoms with Crippen LogP contribution in [0.2, 0.25) is 5.15 Å². The van der Waals surface area contributed by atoms with Gasteiger partial charge in [-0.05, 0) is 30.0 Å². The van der Waals surface area contributed by atoms with Gasteiger partial charge in [-0.3, -0.25) is 4.72 Å². The third-order valence-electron chi connectivity index (χ3n) is 2.38. The van der Waals surface area contributed by atoms with Crippen LogP contribution in [0.3, 0.4) is 0 Å². The van der Waals surface area contributed by atoms with Crippen LogP contribution >= 0.6 is 22.9 Å². The largest absolute Gasteiger partial charge is 0.477 e. The Hall–Kier alpha value is -1.64. The number of carboxylic acid groups (broad SMARTS) is 1. The van der Waals surface area contributed by atoms with E-state index in [0.717, 1.165) is 11.3 Å². The molecule has 0 aliphatic heterocycles. The molecule has 0 aliphatic carbocycles. The van der Waals surface area contributed by atoms with Gasteiger partial charge in [-0.2, -0.15) is 0 Å². The molecule has 0 unspecified atom stereocenters. The summed E-state index contributed by atoms with van der Waals surface area (Å²) in [7, 11) is -4.04. The van der Waals surface area contributed by atoms with Crippen molar-refractivity contribution in [3.63, 3.8) is 0 Å². The molecule has 106 valence electrons. The molecule has 0 bridgehead atoms. The summed E-state index contributed by atoms with van der Waals surface area (Å²) in [5.41, 5.74) is 0.455. The minimum atomic E-state index is -4.04. The Morgan fingerprint density at radius 3 is 2.80 bits per heavy atom. The number of aryl methyl sites for hydroxylation is 1. The van der Waals surface area contributed by atoms with E-state index < -0.39 is 16.0 Å². The summed E-state index contributed by atoms with van der Waals surface area (Å²) in [6.45, 7) is 1.53. The molecule has 0 atom stereocenters. The average molecular weight is 333 g/mol. The number of carbonyl (C=O) groups is 1. The number of anilines is 1. The van der Waals surface area contributed by atoms with E-state index in [1.165, 1.54) is 30.6 Å². The highest BCUT2D eigenvalue weighted by molar-refractivity contribution is 7.93. The fourth-order valence-electron chi connectivity index (χ4n) is 1.57. The summed E-state index contributed by atoms with van der Waals surface area (Å²) in [6.07, 6.45) is 1.42. The van der Waals surface area contributed by atoms with Crippen molar-refractivity contribution in [1.29, 1.82) is 0 Å². The molecule has 6 nitrogen and oxygen atoms in total. The van der Waals surface area contributed by atoms with Gasteiger partial charge in [0.1, 0.15) is 9.77 Å². The number of thiophene rings is 1. The van der Waals surface area contributed by atoms with Crippen molar-refractivity contribution in [3.8, 4) is 0 Å². The lowest BCUT2D eigenvalue weighted by atomic mass is 10.3. The van der Waals surface area contributed by atoms with E-state index in [9.17, 15) is 13.2 Å². The number of hydrogen-bond acceptors (Lipinski definition) is 5. The maximum atomic E-state index is 12.3. The lowest BCUT2D eigenvalue weighted by Gasteiger charge is -2.09. The maximum Gasteiger partial charge on any atom is 0.347 e. The Labute approximate surface area is 124 Å². The Morgan fingerprint density at radius 1 is 1.50 bits per heavy atom. The molecule has 2 aromatic heterocycles. The van der Waals surface area contributed by atoms with Crippen LogP contribution in [0.1, 0.15) is 15.2 Å². The van der Waals surface area contributed by atoms with Crippen molar-refractivity contribution in [1.82, 2.24) is 4.98 Å². The molecule has 0 saturated heterocycles. The molecule has 0 spiro atoms. The lowest BCUT2D eigenvalue weighted by Crippen LogP contribution is -2.16. The fraction of sp³-hybridized carbons (Fsp3) is 0.0909.